The number of halogens is 1. The standard InChI is InChI=1S/C15H21ClN2O3/c1-10(2)18-14(19)9-17-8-11-6-12(16)15-13(7-11)20-4-3-5-21-15/h6-7,10,17H,3-5,8-9H2,1-2H3,(H,18,19). The van der Waals surface area contributed by atoms with Crippen LogP contribution < -0.4 is 20.1 Å². The fraction of sp³-hybridized carbons (Fsp3) is 0.533. The second-order valence-electron chi connectivity index (χ2n) is 5.28. The van der Waals surface area contributed by atoms with Crippen LogP contribution in [0.2, 0.25) is 5.02 Å². The first kappa shape index (κ1) is 15.9. The van der Waals surface area contributed by atoms with E-state index in [1.165, 1.54) is 0 Å². The third kappa shape index (κ3) is 4.79. The summed E-state index contributed by atoms with van der Waals surface area (Å²) in [4.78, 5) is 11.5. The second-order valence-corrected chi connectivity index (χ2v) is 5.69. The molecule has 1 amide bonds. The Balaban J connectivity index is 1.93. The predicted octanol–water partition coefficient (Wildman–Crippen LogP) is 2.12. The lowest BCUT2D eigenvalue weighted by molar-refractivity contribution is -0.120. The average molecular weight is 313 g/mol. The highest BCUT2D eigenvalue weighted by atomic mass is 35.5. The Hall–Kier alpha value is -1.46. The number of amides is 1. The lowest BCUT2D eigenvalue weighted by Gasteiger charge is -2.12. The molecule has 1 aliphatic heterocycles. The Kier molecular flexibility index (Phi) is 5.70. The summed E-state index contributed by atoms with van der Waals surface area (Å²) in [5.74, 6) is 1.25. The fourth-order valence-electron chi connectivity index (χ4n) is 2.08. The Morgan fingerprint density at radius 1 is 1.33 bits per heavy atom. The van der Waals surface area contributed by atoms with Gasteiger partial charge in [-0.25, -0.2) is 0 Å². The number of carbonyl (C=O) groups is 1. The molecule has 0 unspecified atom stereocenters. The molecule has 1 aromatic rings. The molecule has 0 saturated heterocycles. The maximum absolute atomic E-state index is 11.5. The summed E-state index contributed by atoms with van der Waals surface area (Å²) in [6.45, 7) is 5.91. The van der Waals surface area contributed by atoms with Gasteiger partial charge in [-0.15, -0.1) is 0 Å². The van der Waals surface area contributed by atoms with Gasteiger partial charge in [0.25, 0.3) is 0 Å². The maximum atomic E-state index is 11.5. The molecule has 1 heterocycles. The van der Waals surface area contributed by atoms with Gasteiger partial charge in [-0.2, -0.15) is 0 Å². The highest BCUT2D eigenvalue weighted by Crippen LogP contribution is 2.37. The second kappa shape index (κ2) is 7.52. The van der Waals surface area contributed by atoms with Crippen molar-refractivity contribution in [2.45, 2.75) is 32.9 Å². The van der Waals surface area contributed by atoms with Crippen molar-refractivity contribution in [2.24, 2.45) is 0 Å². The van der Waals surface area contributed by atoms with Crippen molar-refractivity contribution in [2.75, 3.05) is 19.8 Å². The Morgan fingerprint density at radius 2 is 2.10 bits per heavy atom. The summed E-state index contributed by atoms with van der Waals surface area (Å²) in [7, 11) is 0. The molecule has 5 nitrogen and oxygen atoms in total. The van der Waals surface area contributed by atoms with E-state index in [-0.39, 0.29) is 18.5 Å². The molecule has 1 aromatic carbocycles. The van der Waals surface area contributed by atoms with Crippen LogP contribution in [0.15, 0.2) is 12.1 Å². The summed E-state index contributed by atoms with van der Waals surface area (Å²) in [5, 5.41) is 6.46. The zero-order chi connectivity index (χ0) is 15.2. The Labute approximate surface area is 130 Å². The van der Waals surface area contributed by atoms with Gasteiger partial charge in [0.1, 0.15) is 0 Å². The molecule has 0 aliphatic carbocycles. The molecule has 0 atom stereocenters. The van der Waals surface area contributed by atoms with Gasteiger partial charge in [-0.1, -0.05) is 11.6 Å². The third-order valence-electron chi connectivity index (χ3n) is 2.93. The van der Waals surface area contributed by atoms with Gasteiger partial charge < -0.3 is 20.1 Å². The molecule has 2 N–H and O–H groups in total. The summed E-state index contributed by atoms with van der Waals surface area (Å²) in [5.41, 5.74) is 0.960. The number of carbonyl (C=O) groups excluding carboxylic acids is 1. The third-order valence-corrected chi connectivity index (χ3v) is 3.21. The number of hydrogen-bond donors (Lipinski definition) is 2. The Bertz CT molecular complexity index is 506. The molecule has 116 valence electrons. The predicted molar refractivity (Wildman–Crippen MR) is 82.0 cm³/mol. The van der Waals surface area contributed by atoms with Crippen LogP contribution in [0.3, 0.4) is 0 Å². The van der Waals surface area contributed by atoms with Crippen LogP contribution in [0.5, 0.6) is 11.5 Å². The number of benzene rings is 1. The smallest absolute Gasteiger partial charge is 0.234 e. The van der Waals surface area contributed by atoms with E-state index in [0.29, 0.717) is 36.3 Å². The molecular weight excluding hydrogens is 292 g/mol. The first-order valence-corrected chi connectivity index (χ1v) is 7.52. The van der Waals surface area contributed by atoms with Crippen LogP contribution >= 0.6 is 11.6 Å². The van der Waals surface area contributed by atoms with E-state index in [2.05, 4.69) is 10.6 Å². The molecule has 0 fully saturated rings. The van der Waals surface area contributed by atoms with E-state index in [0.717, 1.165) is 12.0 Å². The van der Waals surface area contributed by atoms with Gasteiger partial charge in [-0.3, -0.25) is 4.79 Å². The SMILES string of the molecule is CC(C)NC(=O)CNCc1cc(Cl)c2c(c1)OCCCO2. The van der Waals surface area contributed by atoms with Crippen LogP contribution in [-0.4, -0.2) is 31.7 Å². The van der Waals surface area contributed by atoms with Gasteiger partial charge >= 0.3 is 0 Å². The fourth-order valence-corrected chi connectivity index (χ4v) is 2.37. The van der Waals surface area contributed by atoms with Crippen LogP contribution in [-0.2, 0) is 11.3 Å². The molecule has 21 heavy (non-hydrogen) atoms. The number of ether oxygens (including phenoxy) is 2. The number of hydrogen-bond acceptors (Lipinski definition) is 4. The summed E-state index contributed by atoms with van der Waals surface area (Å²) < 4.78 is 11.2. The van der Waals surface area contributed by atoms with Crippen molar-refractivity contribution in [3.8, 4) is 11.5 Å². The van der Waals surface area contributed by atoms with Gasteiger partial charge in [0.15, 0.2) is 11.5 Å². The molecule has 0 radical (unpaired) electrons. The molecule has 2 rings (SSSR count). The van der Waals surface area contributed by atoms with Crippen LogP contribution in [0.4, 0.5) is 0 Å². The molecule has 6 heteroatoms. The van der Waals surface area contributed by atoms with Crippen molar-refractivity contribution < 1.29 is 14.3 Å². The maximum Gasteiger partial charge on any atom is 0.234 e. The average Bonchev–Trinajstić information content (AvgIpc) is 2.63. The number of rotatable bonds is 5. The summed E-state index contributed by atoms with van der Waals surface area (Å²) >= 11 is 6.22. The van der Waals surface area contributed by atoms with Crippen LogP contribution in [0.1, 0.15) is 25.8 Å². The van der Waals surface area contributed by atoms with Crippen LogP contribution in [0.25, 0.3) is 0 Å². The quantitative estimate of drug-likeness (QED) is 0.874. The van der Waals surface area contributed by atoms with E-state index in [1.54, 1.807) is 0 Å². The largest absolute Gasteiger partial charge is 0.489 e. The minimum Gasteiger partial charge on any atom is -0.489 e. The molecule has 1 aliphatic rings. The molecule has 0 saturated carbocycles. The van der Waals surface area contributed by atoms with Gasteiger partial charge in [0.05, 0.1) is 24.8 Å². The van der Waals surface area contributed by atoms with E-state index in [4.69, 9.17) is 21.1 Å². The summed E-state index contributed by atoms with van der Waals surface area (Å²) in [6, 6.07) is 3.88. The molecule has 0 aromatic heterocycles. The minimum atomic E-state index is -0.0227. The molecule has 0 spiro atoms. The Morgan fingerprint density at radius 3 is 2.86 bits per heavy atom. The van der Waals surface area contributed by atoms with Crippen molar-refractivity contribution >= 4 is 17.5 Å². The van der Waals surface area contributed by atoms with Crippen LogP contribution in [0, 0.1) is 0 Å². The van der Waals surface area contributed by atoms with Gasteiger partial charge in [-0.05, 0) is 31.5 Å². The van der Waals surface area contributed by atoms with E-state index >= 15 is 0 Å². The monoisotopic (exact) mass is 312 g/mol. The van der Waals surface area contributed by atoms with E-state index < -0.39 is 0 Å². The molecular formula is C15H21ClN2O3. The zero-order valence-electron chi connectivity index (χ0n) is 12.4. The van der Waals surface area contributed by atoms with E-state index in [1.807, 2.05) is 26.0 Å². The zero-order valence-corrected chi connectivity index (χ0v) is 13.1. The van der Waals surface area contributed by atoms with Crippen molar-refractivity contribution in [3.63, 3.8) is 0 Å². The highest BCUT2D eigenvalue weighted by Gasteiger charge is 2.15. The highest BCUT2D eigenvalue weighted by molar-refractivity contribution is 6.32. The number of fused-ring (bicyclic) bond motifs is 1. The van der Waals surface area contributed by atoms with Crippen molar-refractivity contribution in [1.82, 2.24) is 10.6 Å². The lowest BCUT2D eigenvalue weighted by atomic mass is 10.2. The first-order valence-electron chi connectivity index (χ1n) is 7.14. The van der Waals surface area contributed by atoms with E-state index in [9.17, 15) is 4.79 Å². The topological polar surface area (TPSA) is 59.6 Å². The van der Waals surface area contributed by atoms with Crippen molar-refractivity contribution in [3.05, 3.63) is 22.7 Å². The number of nitrogens with one attached hydrogen (secondary N) is 2. The first-order chi connectivity index (χ1) is 10.1. The summed E-state index contributed by atoms with van der Waals surface area (Å²) in [6.07, 6.45) is 0.841. The lowest BCUT2D eigenvalue weighted by Crippen LogP contribution is -2.37. The van der Waals surface area contributed by atoms with Gasteiger partial charge in [0, 0.05) is 19.0 Å². The normalized spacial score (nSPS) is 13.9. The van der Waals surface area contributed by atoms with Gasteiger partial charge in [0.2, 0.25) is 5.91 Å². The molecule has 0 bridgehead atoms. The minimum absolute atomic E-state index is 0.0227. The van der Waals surface area contributed by atoms with Crippen molar-refractivity contribution in [1.29, 1.82) is 0 Å².